The Morgan fingerprint density at radius 3 is 1.96 bits per heavy atom. The maximum Gasteiger partial charge on any atom is 0.189 e. The lowest BCUT2D eigenvalue weighted by Crippen LogP contribution is -2.30. The molecule has 128 valence electrons. The van der Waals surface area contributed by atoms with Crippen LogP contribution < -0.4 is 10.6 Å². The molecular weight excluding hydrogens is 338 g/mol. The lowest BCUT2D eigenvalue weighted by atomic mass is 10.3. The quantitative estimate of drug-likeness (QED) is 0.680. The van der Waals surface area contributed by atoms with Crippen LogP contribution in [0, 0.1) is 0 Å². The van der Waals surface area contributed by atoms with Crippen molar-refractivity contribution >= 4 is 23.8 Å². The molecule has 0 radical (unpaired) electrons. The van der Waals surface area contributed by atoms with Gasteiger partial charge in [0.05, 0.1) is 6.26 Å². The Hall–Kier alpha value is -2.42. The predicted molar refractivity (Wildman–Crippen MR) is 98.4 cm³/mol. The van der Waals surface area contributed by atoms with Crippen molar-refractivity contribution in [2.75, 3.05) is 0 Å². The van der Waals surface area contributed by atoms with E-state index < -0.39 is 19.2 Å². The largest absolute Gasteiger partial charge is 0.465 e. The lowest BCUT2D eigenvalue weighted by molar-refractivity contribution is 0.160. The number of aliphatic hydroxyl groups is 1. The third kappa shape index (κ3) is 3.65. The molecule has 0 spiro atoms. The lowest BCUT2D eigenvalue weighted by Gasteiger charge is -2.25. The van der Waals surface area contributed by atoms with E-state index in [9.17, 15) is 9.67 Å². The molecule has 3 rings (SSSR count). The number of hydrogen-bond acceptors (Lipinski definition) is 3. The SMILES string of the molecule is O=P(c1ccccc1)(c1ccccc1)C(F)C(O)/C=C/c1ccco1. The van der Waals surface area contributed by atoms with Crippen molar-refractivity contribution in [1.29, 1.82) is 0 Å². The summed E-state index contributed by atoms with van der Waals surface area (Å²) >= 11 is 0. The van der Waals surface area contributed by atoms with Crippen LogP contribution >= 0.6 is 7.14 Å². The Bertz CT molecular complexity index is 817. The van der Waals surface area contributed by atoms with Crippen molar-refractivity contribution < 1.29 is 18.5 Å². The zero-order valence-corrected chi connectivity index (χ0v) is 14.3. The fourth-order valence-corrected chi connectivity index (χ4v) is 5.25. The van der Waals surface area contributed by atoms with E-state index in [4.69, 9.17) is 4.42 Å². The van der Waals surface area contributed by atoms with Crippen molar-refractivity contribution in [3.63, 3.8) is 0 Å². The molecule has 0 saturated heterocycles. The van der Waals surface area contributed by atoms with E-state index in [-0.39, 0.29) is 0 Å². The van der Waals surface area contributed by atoms with E-state index in [1.807, 2.05) is 0 Å². The van der Waals surface area contributed by atoms with E-state index in [1.165, 1.54) is 18.4 Å². The van der Waals surface area contributed by atoms with Gasteiger partial charge in [-0.3, -0.25) is 0 Å². The molecule has 25 heavy (non-hydrogen) atoms. The highest BCUT2D eigenvalue weighted by atomic mass is 31.2. The second-order valence-corrected chi connectivity index (χ2v) is 8.41. The number of alkyl halides is 1. The molecule has 3 nitrogen and oxygen atoms in total. The van der Waals surface area contributed by atoms with Crippen LogP contribution in [0.15, 0.2) is 89.6 Å². The summed E-state index contributed by atoms with van der Waals surface area (Å²) in [6.07, 6.45) is 2.69. The maximum atomic E-state index is 15.3. The Morgan fingerprint density at radius 1 is 0.920 bits per heavy atom. The molecule has 3 aromatic rings. The Kier molecular flexibility index (Phi) is 5.32. The minimum atomic E-state index is -3.68. The Morgan fingerprint density at radius 2 is 1.48 bits per heavy atom. The number of furan rings is 1. The van der Waals surface area contributed by atoms with Crippen LogP contribution in [0.5, 0.6) is 0 Å². The average Bonchev–Trinajstić information content (AvgIpc) is 3.20. The fraction of sp³-hybridized carbons (Fsp3) is 0.100. The van der Waals surface area contributed by atoms with Crippen molar-refractivity contribution in [2.45, 2.75) is 12.0 Å². The van der Waals surface area contributed by atoms with Crippen molar-refractivity contribution in [2.24, 2.45) is 0 Å². The number of benzene rings is 2. The third-order valence-corrected chi connectivity index (χ3v) is 7.04. The first-order chi connectivity index (χ1) is 12.1. The molecule has 0 amide bonds. The summed E-state index contributed by atoms with van der Waals surface area (Å²) in [6, 6.07) is 20.3. The average molecular weight is 356 g/mol. The molecule has 2 unspecified atom stereocenters. The molecule has 0 aliphatic rings. The summed E-state index contributed by atoms with van der Waals surface area (Å²) in [5.74, 6) is -1.48. The van der Waals surface area contributed by atoms with Crippen LogP contribution in [0.25, 0.3) is 6.08 Å². The fourth-order valence-electron chi connectivity index (χ4n) is 2.62. The van der Waals surface area contributed by atoms with E-state index in [0.29, 0.717) is 16.4 Å². The molecule has 1 heterocycles. The summed E-state index contributed by atoms with van der Waals surface area (Å²) < 4.78 is 34.1. The first kappa shape index (κ1) is 17.4. The smallest absolute Gasteiger partial charge is 0.189 e. The zero-order valence-electron chi connectivity index (χ0n) is 13.4. The van der Waals surface area contributed by atoms with Crippen LogP contribution in [-0.2, 0) is 4.57 Å². The van der Waals surface area contributed by atoms with Gasteiger partial charge < -0.3 is 14.1 Å². The topological polar surface area (TPSA) is 50.4 Å². The summed E-state index contributed by atoms with van der Waals surface area (Å²) in [7, 11) is -3.68. The van der Waals surface area contributed by atoms with Crippen LogP contribution in [0.1, 0.15) is 5.76 Å². The van der Waals surface area contributed by atoms with Gasteiger partial charge in [0.25, 0.3) is 0 Å². The van der Waals surface area contributed by atoms with Crippen LogP contribution in [0.4, 0.5) is 4.39 Å². The molecule has 1 aromatic heterocycles. The maximum absolute atomic E-state index is 15.3. The van der Waals surface area contributed by atoms with Gasteiger partial charge in [-0.1, -0.05) is 60.7 Å². The number of halogens is 1. The van der Waals surface area contributed by atoms with Gasteiger partial charge in [-0.2, -0.15) is 0 Å². The van der Waals surface area contributed by atoms with E-state index in [0.717, 1.165) is 0 Å². The summed E-state index contributed by atoms with van der Waals surface area (Å²) in [5, 5.41) is 11.0. The Balaban J connectivity index is 1.98. The highest BCUT2D eigenvalue weighted by Gasteiger charge is 2.40. The second kappa shape index (κ2) is 7.64. The van der Waals surface area contributed by atoms with Gasteiger partial charge in [-0.15, -0.1) is 0 Å². The summed E-state index contributed by atoms with van der Waals surface area (Å²) in [5.41, 5.74) is 0. The molecule has 5 heteroatoms. The van der Waals surface area contributed by atoms with Crippen LogP contribution in [0.3, 0.4) is 0 Å². The molecule has 2 aromatic carbocycles. The van der Waals surface area contributed by atoms with Gasteiger partial charge in [0.2, 0.25) is 0 Å². The molecule has 1 N–H and O–H groups in total. The van der Waals surface area contributed by atoms with Gasteiger partial charge in [-0.05, 0) is 24.3 Å². The van der Waals surface area contributed by atoms with E-state index >= 15 is 4.39 Å². The summed E-state index contributed by atoms with van der Waals surface area (Å²) in [6.45, 7) is 0. The standard InChI is InChI=1S/C20H18FO3P/c21-20(19(22)14-13-16-8-7-15-24-16)25(23,17-9-3-1-4-10-17)18-11-5-2-6-12-18/h1-15,19-20,22H/b14-13+. The molecule has 0 fully saturated rings. The van der Waals surface area contributed by atoms with Crippen LogP contribution in [-0.4, -0.2) is 17.1 Å². The van der Waals surface area contributed by atoms with Gasteiger partial charge in [0, 0.05) is 10.6 Å². The third-order valence-electron chi connectivity index (χ3n) is 3.91. The first-order valence-corrected chi connectivity index (χ1v) is 9.65. The highest BCUT2D eigenvalue weighted by molar-refractivity contribution is 7.79. The molecule has 0 bridgehead atoms. The molecule has 0 aliphatic heterocycles. The normalized spacial score (nSPS) is 14.5. The van der Waals surface area contributed by atoms with Crippen molar-refractivity contribution in [3.8, 4) is 0 Å². The molecule has 0 saturated carbocycles. The minimum absolute atomic E-state index is 0.374. The molecule has 2 atom stereocenters. The van der Waals surface area contributed by atoms with E-state index in [2.05, 4.69) is 0 Å². The highest BCUT2D eigenvalue weighted by Crippen LogP contribution is 2.50. The van der Waals surface area contributed by atoms with Gasteiger partial charge in [0.15, 0.2) is 13.1 Å². The molecular formula is C20H18FO3P. The number of aliphatic hydroxyl groups excluding tert-OH is 1. The van der Waals surface area contributed by atoms with E-state index in [1.54, 1.807) is 72.8 Å². The minimum Gasteiger partial charge on any atom is -0.465 e. The first-order valence-electron chi connectivity index (χ1n) is 7.87. The Labute approximate surface area is 145 Å². The van der Waals surface area contributed by atoms with Crippen molar-refractivity contribution in [1.82, 2.24) is 0 Å². The number of hydrogen-bond donors (Lipinski definition) is 1. The number of rotatable bonds is 6. The second-order valence-electron chi connectivity index (χ2n) is 5.57. The van der Waals surface area contributed by atoms with Gasteiger partial charge in [0.1, 0.15) is 11.9 Å². The van der Waals surface area contributed by atoms with Gasteiger partial charge >= 0.3 is 0 Å². The molecule has 0 aliphatic carbocycles. The summed E-state index contributed by atoms with van der Waals surface area (Å²) in [4.78, 5) is 0. The predicted octanol–water partition coefficient (Wildman–Crippen LogP) is 3.96. The van der Waals surface area contributed by atoms with Gasteiger partial charge in [-0.25, -0.2) is 4.39 Å². The zero-order chi connectivity index (χ0) is 17.7. The monoisotopic (exact) mass is 356 g/mol. The van der Waals surface area contributed by atoms with Crippen LogP contribution in [0.2, 0.25) is 0 Å². The van der Waals surface area contributed by atoms with Crippen molar-refractivity contribution in [3.05, 3.63) is 90.9 Å².